The molecule has 0 atom stereocenters. The third-order valence-corrected chi connectivity index (χ3v) is 3.68. The van der Waals surface area contributed by atoms with Crippen molar-refractivity contribution in [3.8, 4) is 11.5 Å². The molecule has 2 amide bonds. The van der Waals surface area contributed by atoms with E-state index < -0.39 is 22.4 Å². The molecule has 0 fully saturated rings. The standard InChI is InChI=1S/C16H16F2N2O5S/c1-20(10-11-3-8-15(24-2)14(17)9-11)16(21)19-12-4-6-13(7-5-12)25-26(18,22)23/h3-9H,10H2,1-2H3,(H,19,21). The molecule has 0 aromatic heterocycles. The third kappa shape index (κ3) is 5.59. The molecule has 2 aromatic rings. The second kappa shape index (κ2) is 8.00. The molecule has 26 heavy (non-hydrogen) atoms. The van der Waals surface area contributed by atoms with Crippen LogP contribution in [0.2, 0.25) is 0 Å². The Bertz CT molecular complexity index is 888. The number of hydrogen-bond acceptors (Lipinski definition) is 5. The zero-order valence-corrected chi connectivity index (χ0v) is 14.7. The minimum absolute atomic E-state index is 0.110. The molecular formula is C16H16F2N2O5S. The summed E-state index contributed by atoms with van der Waals surface area (Å²) in [4.78, 5) is 13.5. The average molecular weight is 386 g/mol. The third-order valence-electron chi connectivity index (χ3n) is 3.28. The van der Waals surface area contributed by atoms with Crippen LogP contribution in [0.15, 0.2) is 42.5 Å². The molecule has 0 aliphatic carbocycles. The predicted octanol–water partition coefficient (Wildman–Crippen LogP) is 3.09. The van der Waals surface area contributed by atoms with E-state index in [1.54, 1.807) is 6.07 Å². The van der Waals surface area contributed by atoms with E-state index in [1.165, 1.54) is 55.5 Å². The molecule has 0 radical (unpaired) electrons. The van der Waals surface area contributed by atoms with Crippen LogP contribution in [0.4, 0.5) is 18.8 Å². The molecule has 0 saturated heterocycles. The van der Waals surface area contributed by atoms with Gasteiger partial charge in [-0.25, -0.2) is 9.18 Å². The number of carbonyl (C=O) groups is 1. The zero-order valence-electron chi connectivity index (χ0n) is 13.9. The molecule has 0 unspecified atom stereocenters. The molecule has 140 valence electrons. The topological polar surface area (TPSA) is 84.9 Å². The highest BCUT2D eigenvalue weighted by Gasteiger charge is 2.13. The van der Waals surface area contributed by atoms with E-state index in [4.69, 9.17) is 4.74 Å². The number of halogens is 2. The van der Waals surface area contributed by atoms with Gasteiger partial charge in [0.2, 0.25) is 0 Å². The molecule has 0 bridgehead atoms. The van der Waals surface area contributed by atoms with Crippen LogP contribution in [-0.2, 0) is 17.0 Å². The number of nitrogens with one attached hydrogen (secondary N) is 1. The van der Waals surface area contributed by atoms with Crippen molar-refractivity contribution in [2.45, 2.75) is 6.54 Å². The van der Waals surface area contributed by atoms with Crippen LogP contribution in [0.3, 0.4) is 0 Å². The quantitative estimate of drug-likeness (QED) is 0.771. The minimum Gasteiger partial charge on any atom is -0.494 e. The fourth-order valence-corrected chi connectivity index (χ4v) is 2.42. The summed E-state index contributed by atoms with van der Waals surface area (Å²) < 4.78 is 55.8. The maximum atomic E-state index is 13.7. The Kier molecular flexibility index (Phi) is 5.98. The predicted molar refractivity (Wildman–Crippen MR) is 90.5 cm³/mol. The lowest BCUT2D eigenvalue weighted by atomic mass is 10.2. The second-order valence-corrected chi connectivity index (χ2v) is 6.21. The second-order valence-electron chi connectivity index (χ2n) is 5.26. The van der Waals surface area contributed by atoms with Gasteiger partial charge in [0.15, 0.2) is 11.6 Å². The Labute approximate surface area is 149 Å². The number of urea groups is 1. The Morgan fingerprint density at radius 2 is 1.85 bits per heavy atom. The molecule has 1 N–H and O–H groups in total. The van der Waals surface area contributed by atoms with Gasteiger partial charge in [0, 0.05) is 19.3 Å². The summed E-state index contributed by atoms with van der Waals surface area (Å²) >= 11 is 0. The van der Waals surface area contributed by atoms with Crippen molar-refractivity contribution >= 4 is 22.2 Å². The van der Waals surface area contributed by atoms with Crippen molar-refractivity contribution in [1.82, 2.24) is 4.90 Å². The normalized spacial score (nSPS) is 10.9. The summed E-state index contributed by atoms with van der Waals surface area (Å²) in [6.07, 6.45) is 0. The number of rotatable bonds is 6. The number of amides is 2. The van der Waals surface area contributed by atoms with Crippen LogP contribution in [0, 0.1) is 5.82 Å². The number of carbonyl (C=O) groups excluding carboxylic acids is 1. The van der Waals surface area contributed by atoms with E-state index in [9.17, 15) is 21.5 Å². The first-order valence-corrected chi connectivity index (χ1v) is 8.57. The molecule has 0 heterocycles. The first kappa shape index (κ1) is 19.4. The number of benzene rings is 2. The number of methoxy groups -OCH3 is 1. The summed E-state index contributed by atoms with van der Waals surface area (Å²) in [7, 11) is -2.23. The maximum Gasteiger partial charge on any atom is 0.488 e. The molecular weight excluding hydrogens is 370 g/mol. The fourth-order valence-electron chi connectivity index (χ4n) is 2.08. The van der Waals surface area contributed by atoms with E-state index in [2.05, 4.69) is 9.50 Å². The Hall–Kier alpha value is -2.88. The highest BCUT2D eigenvalue weighted by atomic mass is 32.3. The monoisotopic (exact) mass is 386 g/mol. The zero-order chi connectivity index (χ0) is 19.3. The number of nitrogens with zero attached hydrogens (tertiary/aromatic N) is 1. The molecule has 0 aliphatic heterocycles. The molecule has 0 spiro atoms. The first-order chi connectivity index (χ1) is 12.2. The number of anilines is 1. The highest BCUT2D eigenvalue weighted by molar-refractivity contribution is 7.81. The Balaban J connectivity index is 1.97. The van der Waals surface area contributed by atoms with Crippen molar-refractivity contribution in [3.63, 3.8) is 0 Å². The van der Waals surface area contributed by atoms with Gasteiger partial charge in [-0.2, -0.15) is 8.42 Å². The van der Waals surface area contributed by atoms with Crippen molar-refractivity contribution in [2.24, 2.45) is 0 Å². The van der Waals surface area contributed by atoms with Gasteiger partial charge in [0.1, 0.15) is 5.75 Å². The van der Waals surface area contributed by atoms with Crippen LogP contribution in [0.1, 0.15) is 5.56 Å². The van der Waals surface area contributed by atoms with Gasteiger partial charge in [-0.1, -0.05) is 9.95 Å². The van der Waals surface area contributed by atoms with Crippen molar-refractivity contribution < 1.29 is 30.4 Å². The Morgan fingerprint density at radius 3 is 2.38 bits per heavy atom. The van der Waals surface area contributed by atoms with Crippen molar-refractivity contribution in [3.05, 3.63) is 53.8 Å². The summed E-state index contributed by atoms with van der Waals surface area (Å²) in [5.74, 6) is -0.650. The Morgan fingerprint density at radius 1 is 1.19 bits per heavy atom. The lowest BCUT2D eigenvalue weighted by molar-refractivity contribution is 0.220. The summed E-state index contributed by atoms with van der Waals surface area (Å²) in [5.41, 5.74) is 0.907. The average Bonchev–Trinajstić information content (AvgIpc) is 2.55. The first-order valence-electron chi connectivity index (χ1n) is 7.26. The van der Waals surface area contributed by atoms with Crippen molar-refractivity contribution in [2.75, 3.05) is 19.5 Å². The fraction of sp³-hybridized carbons (Fsp3) is 0.188. The SMILES string of the molecule is COc1ccc(CN(C)C(=O)Nc2ccc(OS(=O)(=O)F)cc2)cc1F. The largest absolute Gasteiger partial charge is 0.494 e. The summed E-state index contributed by atoms with van der Waals surface area (Å²) in [6, 6.07) is 8.96. The number of ether oxygens (including phenoxy) is 1. The van der Waals surface area contributed by atoms with Gasteiger partial charge in [0.05, 0.1) is 7.11 Å². The molecule has 0 saturated carbocycles. The lowest BCUT2D eigenvalue weighted by Crippen LogP contribution is -2.30. The van der Waals surface area contributed by atoms with Crippen LogP contribution < -0.4 is 14.2 Å². The molecule has 2 aromatic carbocycles. The van der Waals surface area contributed by atoms with Crippen LogP contribution >= 0.6 is 0 Å². The highest BCUT2D eigenvalue weighted by Crippen LogP contribution is 2.20. The van der Waals surface area contributed by atoms with Gasteiger partial charge in [0.25, 0.3) is 0 Å². The van der Waals surface area contributed by atoms with Crippen LogP contribution in [-0.4, -0.2) is 33.5 Å². The van der Waals surface area contributed by atoms with Gasteiger partial charge in [-0.15, -0.1) is 0 Å². The molecule has 2 rings (SSSR count). The van der Waals surface area contributed by atoms with Crippen molar-refractivity contribution in [1.29, 1.82) is 0 Å². The van der Waals surface area contributed by atoms with Gasteiger partial charge < -0.3 is 19.1 Å². The van der Waals surface area contributed by atoms with Gasteiger partial charge in [-0.05, 0) is 42.0 Å². The van der Waals surface area contributed by atoms with E-state index in [-0.39, 0.29) is 18.0 Å². The van der Waals surface area contributed by atoms with E-state index in [0.717, 1.165) is 0 Å². The van der Waals surface area contributed by atoms with Gasteiger partial charge in [-0.3, -0.25) is 0 Å². The van der Waals surface area contributed by atoms with E-state index in [0.29, 0.717) is 11.3 Å². The molecule has 7 nitrogen and oxygen atoms in total. The van der Waals surface area contributed by atoms with E-state index in [1.807, 2.05) is 0 Å². The van der Waals surface area contributed by atoms with Crippen LogP contribution in [0.25, 0.3) is 0 Å². The van der Waals surface area contributed by atoms with E-state index >= 15 is 0 Å². The number of hydrogen-bond donors (Lipinski definition) is 1. The summed E-state index contributed by atoms with van der Waals surface area (Å²) in [5, 5.41) is 2.56. The minimum atomic E-state index is -5.10. The lowest BCUT2D eigenvalue weighted by Gasteiger charge is -2.18. The van der Waals surface area contributed by atoms with Crippen LogP contribution in [0.5, 0.6) is 11.5 Å². The maximum absolute atomic E-state index is 13.7. The smallest absolute Gasteiger partial charge is 0.488 e. The summed E-state index contributed by atoms with van der Waals surface area (Å²) in [6.45, 7) is 0.147. The van der Waals surface area contributed by atoms with Gasteiger partial charge >= 0.3 is 16.5 Å². The molecule has 0 aliphatic rings. The molecule has 10 heteroatoms.